The summed E-state index contributed by atoms with van der Waals surface area (Å²) in [6.07, 6.45) is 0.675. The van der Waals surface area contributed by atoms with Crippen molar-refractivity contribution in [1.82, 2.24) is 14.5 Å². The first-order valence-corrected chi connectivity index (χ1v) is 12.8. The van der Waals surface area contributed by atoms with Crippen molar-refractivity contribution < 1.29 is 23.9 Å². The zero-order valence-corrected chi connectivity index (χ0v) is 22.4. The standard InChI is InChI=1S/C30H28N4O6/c1-18(35)31-20-9-10-24-23(17-20)30(38)33(14-12-19-8-11-25(39-2)26(16-19)40-3)27(32-24)13-15-34-28(36)21-6-4-5-7-22(21)29(34)37/h4-11,16-17H,12-15H2,1-3H3,(H,31,35). The Bertz CT molecular complexity index is 1680. The van der Waals surface area contributed by atoms with Crippen molar-refractivity contribution in [2.45, 2.75) is 26.3 Å². The van der Waals surface area contributed by atoms with Crippen LogP contribution in [0, 0.1) is 0 Å². The second-order valence-corrected chi connectivity index (χ2v) is 9.39. The molecule has 1 N–H and O–H groups in total. The van der Waals surface area contributed by atoms with Gasteiger partial charge in [0.05, 0.1) is 36.2 Å². The number of nitrogens with one attached hydrogen (secondary N) is 1. The second-order valence-electron chi connectivity index (χ2n) is 9.39. The van der Waals surface area contributed by atoms with Crippen molar-refractivity contribution in [3.63, 3.8) is 0 Å². The van der Waals surface area contributed by atoms with E-state index in [9.17, 15) is 19.2 Å². The Hall–Kier alpha value is -4.99. The molecule has 5 rings (SSSR count). The number of hydrogen-bond acceptors (Lipinski definition) is 7. The average Bonchev–Trinajstić information content (AvgIpc) is 3.20. The zero-order valence-electron chi connectivity index (χ0n) is 22.4. The number of fused-ring (bicyclic) bond motifs is 2. The molecule has 0 aliphatic carbocycles. The fourth-order valence-electron chi connectivity index (χ4n) is 4.90. The lowest BCUT2D eigenvalue weighted by Gasteiger charge is -2.18. The lowest BCUT2D eigenvalue weighted by Crippen LogP contribution is -2.34. The molecule has 40 heavy (non-hydrogen) atoms. The summed E-state index contributed by atoms with van der Waals surface area (Å²) in [5, 5.41) is 3.05. The van der Waals surface area contributed by atoms with E-state index in [2.05, 4.69) is 5.32 Å². The van der Waals surface area contributed by atoms with Gasteiger partial charge in [0.15, 0.2) is 11.5 Å². The Balaban J connectivity index is 1.48. The Morgan fingerprint density at radius 1 is 0.850 bits per heavy atom. The van der Waals surface area contributed by atoms with Gasteiger partial charge in [0, 0.05) is 32.1 Å². The third kappa shape index (κ3) is 5.03. The fourth-order valence-corrected chi connectivity index (χ4v) is 4.90. The van der Waals surface area contributed by atoms with Crippen molar-refractivity contribution in [3.8, 4) is 11.5 Å². The van der Waals surface area contributed by atoms with Crippen LogP contribution in [0.2, 0.25) is 0 Å². The number of hydrogen-bond donors (Lipinski definition) is 1. The number of aromatic nitrogens is 2. The maximum Gasteiger partial charge on any atom is 0.261 e. The molecule has 0 saturated heterocycles. The second kappa shape index (κ2) is 11.0. The third-order valence-corrected chi connectivity index (χ3v) is 6.86. The highest BCUT2D eigenvalue weighted by Gasteiger charge is 2.35. The minimum atomic E-state index is -0.361. The van der Waals surface area contributed by atoms with E-state index in [0.29, 0.717) is 58.0 Å². The summed E-state index contributed by atoms with van der Waals surface area (Å²) in [6.45, 7) is 1.76. The highest BCUT2D eigenvalue weighted by molar-refractivity contribution is 6.21. The van der Waals surface area contributed by atoms with E-state index < -0.39 is 0 Å². The Morgan fingerprint density at radius 2 is 1.55 bits per heavy atom. The SMILES string of the molecule is COc1ccc(CCn2c(CCN3C(=O)c4ccccc4C3=O)nc3ccc(NC(C)=O)cc3c2=O)cc1OC. The summed E-state index contributed by atoms with van der Waals surface area (Å²) in [6, 6.07) is 17.2. The molecule has 10 heteroatoms. The van der Waals surface area contributed by atoms with Crippen LogP contribution in [-0.2, 0) is 24.2 Å². The first kappa shape index (κ1) is 26.6. The number of imide groups is 1. The monoisotopic (exact) mass is 540 g/mol. The van der Waals surface area contributed by atoms with Gasteiger partial charge in [0.2, 0.25) is 5.91 Å². The summed E-state index contributed by atoms with van der Waals surface area (Å²) in [5.41, 5.74) is 2.33. The summed E-state index contributed by atoms with van der Waals surface area (Å²) >= 11 is 0. The smallest absolute Gasteiger partial charge is 0.261 e. The molecule has 0 fully saturated rings. The first-order valence-electron chi connectivity index (χ1n) is 12.8. The van der Waals surface area contributed by atoms with Crippen molar-refractivity contribution in [3.05, 3.63) is 93.5 Å². The molecule has 3 aromatic carbocycles. The van der Waals surface area contributed by atoms with E-state index in [1.807, 2.05) is 12.1 Å². The maximum absolute atomic E-state index is 13.8. The van der Waals surface area contributed by atoms with Gasteiger partial charge in [-0.3, -0.25) is 28.6 Å². The van der Waals surface area contributed by atoms with Crippen molar-refractivity contribution in [2.24, 2.45) is 0 Å². The molecule has 1 aliphatic heterocycles. The molecule has 10 nitrogen and oxygen atoms in total. The molecule has 0 bridgehead atoms. The molecule has 4 aromatic rings. The number of carbonyl (C=O) groups is 3. The predicted octanol–water partition coefficient (Wildman–Crippen LogP) is 3.45. The van der Waals surface area contributed by atoms with Gasteiger partial charge in [-0.1, -0.05) is 18.2 Å². The maximum atomic E-state index is 13.8. The van der Waals surface area contributed by atoms with E-state index in [-0.39, 0.29) is 36.2 Å². The highest BCUT2D eigenvalue weighted by atomic mass is 16.5. The third-order valence-electron chi connectivity index (χ3n) is 6.86. The number of aryl methyl sites for hydroxylation is 1. The van der Waals surface area contributed by atoms with Gasteiger partial charge >= 0.3 is 0 Å². The number of methoxy groups -OCH3 is 2. The van der Waals surface area contributed by atoms with E-state index in [1.165, 1.54) is 11.8 Å². The van der Waals surface area contributed by atoms with Crippen molar-refractivity contribution >= 4 is 34.3 Å². The van der Waals surface area contributed by atoms with Gasteiger partial charge in [-0.25, -0.2) is 4.98 Å². The number of nitrogens with zero attached hydrogens (tertiary/aromatic N) is 3. The molecule has 1 aromatic heterocycles. The van der Waals surface area contributed by atoms with Gasteiger partial charge < -0.3 is 14.8 Å². The summed E-state index contributed by atoms with van der Waals surface area (Å²) in [5.74, 6) is 0.652. The molecule has 3 amide bonds. The lowest BCUT2D eigenvalue weighted by atomic mass is 10.1. The molecule has 204 valence electrons. The zero-order chi connectivity index (χ0) is 28.4. The van der Waals surface area contributed by atoms with Gasteiger partial charge in [0.1, 0.15) is 5.82 Å². The number of amides is 3. The predicted molar refractivity (Wildman–Crippen MR) is 149 cm³/mol. The van der Waals surface area contributed by atoms with Gasteiger partial charge in [-0.15, -0.1) is 0 Å². The van der Waals surface area contributed by atoms with Crippen LogP contribution in [0.3, 0.4) is 0 Å². The van der Waals surface area contributed by atoms with Crippen LogP contribution in [-0.4, -0.2) is 52.9 Å². The van der Waals surface area contributed by atoms with Crippen LogP contribution < -0.4 is 20.3 Å². The van der Waals surface area contributed by atoms with Gasteiger partial charge in [0.25, 0.3) is 17.4 Å². The van der Waals surface area contributed by atoms with Crippen LogP contribution in [0.5, 0.6) is 11.5 Å². The van der Waals surface area contributed by atoms with E-state index in [0.717, 1.165) is 5.56 Å². The summed E-state index contributed by atoms with van der Waals surface area (Å²) < 4.78 is 12.3. The fraction of sp³-hybridized carbons (Fsp3) is 0.233. The normalized spacial score (nSPS) is 12.5. The van der Waals surface area contributed by atoms with Crippen molar-refractivity contribution in [2.75, 3.05) is 26.1 Å². The minimum absolute atomic E-state index is 0.0740. The highest BCUT2D eigenvalue weighted by Crippen LogP contribution is 2.28. The quantitative estimate of drug-likeness (QED) is 0.323. The average molecular weight is 541 g/mol. The molecule has 0 saturated carbocycles. The molecule has 0 atom stereocenters. The molecular formula is C30H28N4O6. The number of benzene rings is 3. The van der Waals surface area contributed by atoms with E-state index in [1.54, 1.807) is 67.3 Å². The minimum Gasteiger partial charge on any atom is -0.493 e. The number of anilines is 1. The van der Waals surface area contributed by atoms with E-state index >= 15 is 0 Å². The van der Waals surface area contributed by atoms with Crippen molar-refractivity contribution in [1.29, 1.82) is 0 Å². The molecule has 0 unspecified atom stereocenters. The van der Waals surface area contributed by atoms with Crippen LogP contribution in [0.4, 0.5) is 5.69 Å². The first-order chi connectivity index (χ1) is 19.3. The molecule has 2 heterocycles. The van der Waals surface area contributed by atoms with Crippen LogP contribution in [0.1, 0.15) is 39.0 Å². The molecule has 0 spiro atoms. The molecule has 1 aliphatic rings. The molecule has 0 radical (unpaired) electrons. The van der Waals surface area contributed by atoms with Crippen LogP contribution in [0.15, 0.2) is 65.5 Å². The van der Waals surface area contributed by atoms with Gasteiger partial charge in [-0.05, 0) is 54.4 Å². The summed E-state index contributed by atoms with van der Waals surface area (Å²) in [4.78, 5) is 57.1. The number of carbonyl (C=O) groups excluding carboxylic acids is 3. The van der Waals surface area contributed by atoms with E-state index in [4.69, 9.17) is 14.5 Å². The molecular weight excluding hydrogens is 512 g/mol. The lowest BCUT2D eigenvalue weighted by molar-refractivity contribution is -0.114. The largest absolute Gasteiger partial charge is 0.493 e. The topological polar surface area (TPSA) is 120 Å². The Morgan fingerprint density at radius 3 is 2.20 bits per heavy atom. The van der Waals surface area contributed by atoms with Gasteiger partial charge in [-0.2, -0.15) is 0 Å². The number of ether oxygens (including phenoxy) is 2. The summed E-state index contributed by atoms with van der Waals surface area (Å²) in [7, 11) is 3.12. The van der Waals surface area contributed by atoms with Crippen LogP contribution >= 0.6 is 0 Å². The van der Waals surface area contributed by atoms with Crippen LogP contribution in [0.25, 0.3) is 10.9 Å². The Kier molecular flexibility index (Phi) is 7.33. The number of rotatable bonds is 9. The Labute approximate surface area is 230 Å².